The minimum absolute atomic E-state index is 0.182. The molecule has 0 aliphatic heterocycles. The normalized spacial score (nSPS) is 10.1. The fourth-order valence-electron chi connectivity index (χ4n) is 2.00. The molecule has 0 bridgehead atoms. The molecule has 114 valence electrons. The van der Waals surface area contributed by atoms with E-state index in [4.69, 9.17) is 9.47 Å². The summed E-state index contributed by atoms with van der Waals surface area (Å²) in [7, 11) is 0. The summed E-state index contributed by atoms with van der Waals surface area (Å²) in [5.74, 6) is -0.788. The summed E-state index contributed by atoms with van der Waals surface area (Å²) in [6, 6.07) is 14.7. The van der Waals surface area contributed by atoms with Crippen molar-refractivity contribution in [3.8, 4) is 5.75 Å². The molecule has 4 heteroatoms. The molecule has 2 rings (SSSR count). The Morgan fingerprint density at radius 2 is 1.77 bits per heavy atom. The lowest BCUT2D eigenvalue weighted by molar-refractivity contribution is -0.137. The van der Waals surface area contributed by atoms with Crippen LogP contribution in [0.25, 0.3) is 0 Å². The van der Waals surface area contributed by atoms with Gasteiger partial charge in [-0.3, -0.25) is 4.79 Å². The van der Waals surface area contributed by atoms with E-state index in [1.54, 1.807) is 25.1 Å². The van der Waals surface area contributed by atoms with E-state index >= 15 is 0 Å². The largest absolute Gasteiger partial charge is 0.489 e. The third kappa shape index (κ3) is 3.95. The predicted octanol–water partition coefficient (Wildman–Crippen LogP) is 3.32. The van der Waals surface area contributed by atoms with Crippen LogP contribution in [0, 0.1) is 6.92 Å². The lowest BCUT2D eigenvalue weighted by Gasteiger charge is -2.10. The highest BCUT2D eigenvalue weighted by atomic mass is 16.5. The van der Waals surface area contributed by atoms with E-state index in [1.165, 1.54) is 0 Å². The van der Waals surface area contributed by atoms with Gasteiger partial charge in [0, 0.05) is 5.56 Å². The Bertz CT molecular complexity index is 662. The molecule has 0 atom stereocenters. The molecule has 2 aromatic carbocycles. The molecule has 0 aliphatic carbocycles. The van der Waals surface area contributed by atoms with Crippen molar-refractivity contribution in [1.82, 2.24) is 0 Å². The first-order chi connectivity index (χ1) is 10.6. The highest BCUT2D eigenvalue weighted by Gasteiger charge is 2.18. The molecule has 0 aromatic heterocycles. The van der Waals surface area contributed by atoms with Crippen LogP contribution in [-0.2, 0) is 16.1 Å². The van der Waals surface area contributed by atoms with Gasteiger partial charge in [0.15, 0.2) is 0 Å². The van der Waals surface area contributed by atoms with Crippen LogP contribution in [0.2, 0.25) is 0 Å². The molecule has 0 spiro atoms. The van der Waals surface area contributed by atoms with Crippen molar-refractivity contribution in [2.24, 2.45) is 0 Å². The lowest BCUT2D eigenvalue weighted by atomic mass is 10.1. The summed E-state index contributed by atoms with van der Waals surface area (Å²) in [5.41, 5.74) is 2.17. The average Bonchev–Trinajstić information content (AvgIpc) is 2.54. The molecule has 0 heterocycles. The molecule has 0 saturated heterocycles. The number of aryl methyl sites for hydroxylation is 1. The van der Waals surface area contributed by atoms with E-state index in [2.05, 4.69) is 0 Å². The molecular weight excluding hydrogens is 280 g/mol. The predicted molar refractivity (Wildman–Crippen MR) is 82.9 cm³/mol. The van der Waals surface area contributed by atoms with Gasteiger partial charge in [-0.1, -0.05) is 30.3 Å². The zero-order valence-corrected chi connectivity index (χ0v) is 12.7. The van der Waals surface area contributed by atoms with Gasteiger partial charge < -0.3 is 9.47 Å². The van der Waals surface area contributed by atoms with Crippen molar-refractivity contribution in [3.05, 3.63) is 65.2 Å². The van der Waals surface area contributed by atoms with Gasteiger partial charge in [-0.15, -0.1) is 0 Å². The SMILES string of the molecule is CCOC(=O)C(=O)c1ccc(OCc2ccccc2)c(C)c1. The van der Waals surface area contributed by atoms with Crippen LogP contribution in [0.1, 0.15) is 28.4 Å². The van der Waals surface area contributed by atoms with Crippen LogP contribution in [0.15, 0.2) is 48.5 Å². The van der Waals surface area contributed by atoms with Crippen molar-refractivity contribution in [1.29, 1.82) is 0 Å². The van der Waals surface area contributed by atoms with Gasteiger partial charge >= 0.3 is 5.97 Å². The third-order valence-corrected chi connectivity index (χ3v) is 3.14. The minimum atomic E-state index is -0.833. The molecule has 2 aromatic rings. The molecule has 0 saturated carbocycles. The van der Waals surface area contributed by atoms with Crippen LogP contribution in [-0.4, -0.2) is 18.4 Å². The quantitative estimate of drug-likeness (QED) is 0.466. The van der Waals surface area contributed by atoms with E-state index < -0.39 is 11.8 Å². The highest BCUT2D eigenvalue weighted by Crippen LogP contribution is 2.21. The lowest BCUT2D eigenvalue weighted by Crippen LogP contribution is -2.17. The van der Waals surface area contributed by atoms with Crippen LogP contribution < -0.4 is 4.74 Å². The van der Waals surface area contributed by atoms with E-state index in [1.807, 2.05) is 37.3 Å². The number of carbonyl (C=O) groups excluding carboxylic acids is 2. The van der Waals surface area contributed by atoms with Crippen LogP contribution in [0.5, 0.6) is 5.75 Å². The number of ketones is 1. The van der Waals surface area contributed by atoms with Gasteiger partial charge in [-0.2, -0.15) is 0 Å². The fourth-order valence-corrected chi connectivity index (χ4v) is 2.00. The maximum Gasteiger partial charge on any atom is 0.379 e. The summed E-state index contributed by atoms with van der Waals surface area (Å²) >= 11 is 0. The summed E-state index contributed by atoms with van der Waals surface area (Å²) in [4.78, 5) is 23.3. The Balaban J connectivity index is 2.06. The molecule has 0 aliphatic rings. The van der Waals surface area contributed by atoms with Gasteiger partial charge in [-0.05, 0) is 43.2 Å². The number of hydrogen-bond donors (Lipinski definition) is 0. The number of hydrogen-bond acceptors (Lipinski definition) is 4. The topological polar surface area (TPSA) is 52.6 Å². The van der Waals surface area contributed by atoms with Crippen molar-refractivity contribution < 1.29 is 19.1 Å². The van der Waals surface area contributed by atoms with Gasteiger partial charge in [0.05, 0.1) is 6.61 Å². The van der Waals surface area contributed by atoms with Crippen LogP contribution >= 0.6 is 0 Å². The van der Waals surface area contributed by atoms with E-state index in [-0.39, 0.29) is 6.61 Å². The molecule has 4 nitrogen and oxygen atoms in total. The Kier molecular flexibility index (Phi) is 5.31. The number of ether oxygens (including phenoxy) is 2. The first-order valence-electron chi connectivity index (χ1n) is 7.10. The average molecular weight is 298 g/mol. The Morgan fingerprint density at radius 3 is 2.41 bits per heavy atom. The van der Waals surface area contributed by atoms with Crippen molar-refractivity contribution in [2.75, 3.05) is 6.61 Å². The van der Waals surface area contributed by atoms with Gasteiger partial charge in [0.25, 0.3) is 5.78 Å². The Labute approximate surface area is 129 Å². The maximum absolute atomic E-state index is 11.9. The summed E-state index contributed by atoms with van der Waals surface area (Å²) in [5, 5.41) is 0. The Hall–Kier alpha value is -2.62. The highest BCUT2D eigenvalue weighted by molar-refractivity contribution is 6.40. The minimum Gasteiger partial charge on any atom is -0.489 e. The zero-order chi connectivity index (χ0) is 15.9. The van der Waals surface area contributed by atoms with E-state index in [9.17, 15) is 9.59 Å². The third-order valence-electron chi connectivity index (χ3n) is 3.14. The summed E-state index contributed by atoms with van der Waals surface area (Å²) < 4.78 is 10.5. The van der Waals surface area contributed by atoms with E-state index in [0.29, 0.717) is 17.9 Å². The molecule has 0 fully saturated rings. The first-order valence-corrected chi connectivity index (χ1v) is 7.10. The number of esters is 1. The smallest absolute Gasteiger partial charge is 0.379 e. The molecule has 0 N–H and O–H groups in total. The van der Waals surface area contributed by atoms with Crippen molar-refractivity contribution in [2.45, 2.75) is 20.5 Å². The summed E-state index contributed by atoms with van der Waals surface area (Å²) in [6.07, 6.45) is 0. The van der Waals surface area contributed by atoms with Gasteiger partial charge in [-0.25, -0.2) is 4.79 Å². The van der Waals surface area contributed by atoms with Gasteiger partial charge in [0.2, 0.25) is 0 Å². The van der Waals surface area contributed by atoms with Crippen molar-refractivity contribution >= 4 is 11.8 Å². The molecule has 0 radical (unpaired) electrons. The summed E-state index contributed by atoms with van der Waals surface area (Å²) in [6.45, 7) is 4.13. The Morgan fingerprint density at radius 1 is 1.05 bits per heavy atom. The second-order valence-electron chi connectivity index (χ2n) is 4.80. The second kappa shape index (κ2) is 7.41. The first kappa shape index (κ1) is 15.8. The van der Waals surface area contributed by atoms with Crippen molar-refractivity contribution in [3.63, 3.8) is 0 Å². The number of carbonyl (C=O) groups is 2. The monoisotopic (exact) mass is 298 g/mol. The molecule has 22 heavy (non-hydrogen) atoms. The number of benzene rings is 2. The molecule has 0 unspecified atom stereocenters. The zero-order valence-electron chi connectivity index (χ0n) is 12.7. The second-order valence-corrected chi connectivity index (χ2v) is 4.80. The molecule has 0 amide bonds. The number of Topliss-reactive ketones (excluding diaryl/α,β-unsaturated/α-hetero) is 1. The molecular formula is C18H18O4. The van der Waals surface area contributed by atoms with Gasteiger partial charge in [0.1, 0.15) is 12.4 Å². The standard InChI is InChI=1S/C18H18O4/c1-3-21-18(20)17(19)15-9-10-16(13(2)11-15)22-12-14-7-5-4-6-8-14/h4-11H,3,12H2,1-2H3. The maximum atomic E-state index is 11.9. The van der Waals surface area contributed by atoms with Crippen LogP contribution in [0.4, 0.5) is 0 Å². The number of rotatable bonds is 6. The van der Waals surface area contributed by atoms with E-state index in [0.717, 1.165) is 11.1 Å². The fraction of sp³-hybridized carbons (Fsp3) is 0.222. The van der Waals surface area contributed by atoms with Crippen LogP contribution in [0.3, 0.4) is 0 Å².